The first-order valence-electron chi connectivity index (χ1n) is 4.81. The van der Waals surface area contributed by atoms with Crippen LogP contribution in [0.15, 0.2) is 22.2 Å². The van der Waals surface area contributed by atoms with E-state index >= 15 is 0 Å². The molecule has 0 aliphatic carbocycles. The van der Waals surface area contributed by atoms with E-state index < -0.39 is 10.9 Å². The summed E-state index contributed by atoms with van der Waals surface area (Å²) in [5.74, 6) is -1.27. The molecular weight excluding hydrogens is 431 g/mol. The van der Waals surface area contributed by atoms with E-state index in [-0.39, 0.29) is 23.2 Å². The fourth-order valence-electron chi connectivity index (χ4n) is 1.31. The third kappa shape index (κ3) is 4.00. The molecule has 0 aliphatic rings. The molecule has 1 N–H and O–H groups in total. The van der Waals surface area contributed by atoms with E-state index in [0.29, 0.717) is 8.04 Å². The van der Waals surface area contributed by atoms with Crippen molar-refractivity contribution in [3.05, 3.63) is 41.4 Å². The summed E-state index contributed by atoms with van der Waals surface area (Å²) in [4.78, 5) is 21.3. The highest BCUT2D eigenvalue weighted by molar-refractivity contribution is 14.1. The highest BCUT2D eigenvalue weighted by Gasteiger charge is 2.18. The van der Waals surface area contributed by atoms with Gasteiger partial charge >= 0.3 is 5.97 Å². The number of aliphatic carboxylic acids is 1. The molecule has 0 atom stereocenters. The molecule has 0 bridgehead atoms. The Morgan fingerprint density at radius 3 is 2.74 bits per heavy atom. The Balaban J connectivity index is 3.49. The Hall–Kier alpha value is -1.47. The zero-order valence-electron chi connectivity index (χ0n) is 9.26. The van der Waals surface area contributed by atoms with Crippen LogP contribution < -0.4 is 0 Å². The summed E-state index contributed by atoms with van der Waals surface area (Å²) in [6.07, 6.45) is 0.844. The minimum absolute atomic E-state index is 0.182. The smallest absolute Gasteiger partial charge is 0.332 e. The first-order chi connectivity index (χ1) is 8.86. The zero-order valence-corrected chi connectivity index (χ0v) is 13.0. The van der Waals surface area contributed by atoms with Gasteiger partial charge in [0.2, 0.25) is 0 Å². The van der Waals surface area contributed by atoms with E-state index in [0.717, 1.165) is 6.08 Å². The van der Waals surface area contributed by atoms with Crippen LogP contribution in [-0.4, -0.2) is 16.0 Å². The molecule has 1 rings (SSSR count). The predicted octanol–water partition coefficient (Wildman–Crippen LogP) is 3.34. The van der Waals surface area contributed by atoms with Crippen molar-refractivity contribution in [2.24, 2.45) is 0 Å². The van der Waals surface area contributed by atoms with E-state index in [1.165, 1.54) is 6.07 Å². The van der Waals surface area contributed by atoms with Crippen LogP contribution in [0.2, 0.25) is 0 Å². The standard InChI is InChI=1S/C11H6BrIN2O4/c12-7-4-9(13)8(10(5-7)15(18)19)3-6(1-2-14)11(16)17/h3-5H,1H2,(H,16,17)/b6-3+. The van der Waals surface area contributed by atoms with Crippen LogP contribution in [0.5, 0.6) is 0 Å². The minimum atomic E-state index is -1.27. The lowest BCUT2D eigenvalue weighted by atomic mass is 10.1. The number of hydrogen-bond acceptors (Lipinski definition) is 4. The molecule has 0 spiro atoms. The number of nitriles is 1. The summed E-state index contributed by atoms with van der Waals surface area (Å²) in [6.45, 7) is 0. The van der Waals surface area contributed by atoms with Crippen LogP contribution in [0.25, 0.3) is 6.08 Å². The van der Waals surface area contributed by atoms with E-state index in [1.807, 2.05) is 22.6 Å². The van der Waals surface area contributed by atoms with Gasteiger partial charge < -0.3 is 5.11 Å². The molecule has 98 valence electrons. The van der Waals surface area contributed by atoms with Gasteiger partial charge in [-0.2, -0.15) is 5.26 Å². The lowest BCUT2D eigenvalue weighted by Crippen LogP contribution is -2.01. The maximum absolute atomic E-state index is 11.0. The number of nitro groups is 1. The monoisotopic (exact) mass is 436 g/mol. The van der Waals surface area contributed by atoms with Crippen LogP contribution >= 0.6 is 38.5 Å². The first kappa shape index (κ1) is 15.6. The zero-order chi connectivity index (χ0) is 14.6. The Bertz CT molecular complexity index is 622. The molecule has 1 aromatic carbocycles. The van der Waals surface area contributed by atoms with Gasteiger partial charge in [-0.05, 0) is 34.7 Å². The van der Waals surface area contributed by atoms with Crippen molar-refractivity contribution in [2.75, 3.05) is 0 Å². The molecule has 19 heavy (non-hydrogen) atoms. The van der Waals surface area contributed by atoms with Gasteiger partial charge in [0.15, 0.2) is 0 Å². The topological polar surface area (TPSA) is 104 Å². The van der Waals surface area contributed by atoms with Crippen molar-refractivity contribution < 1.29 is 14.8 Å². The molecule has 1 aromatic rings. The Morgan fingerprint density at radius 2 is 2.26 bits per heavy atom. The summed E-state index contributed by atoms with van der Waals surface area (Å²) in [7, 11) is 0. The van der Waals surface area contributed by atoms with Gasteiger partial charge in [-0.25, -0.2) is 4.79 Å². The molecule has 0 saturated heterocycles. The number of nitrogens with zero attached hydrogens (tertiary/aromatic N) is 2. The van der Waals surface area contributed by atoms with Gasteiger partial charge in [-0.3, -0.25) is 10.1 Å². The van der Waals surface area contributed by atoms with Crippen LogP contribution in [0.4, 0.5) is 5.69 Å². The first-order valence-corrected chi connectivity index (χ1v) is 6.68. The Morgan fingerprint density at radius 1 is 1.63 bits per heavy atom. The highest BCUT2D eigenvalue weighted by Crippen LogP contribution is 2.30. The number of carboxylic acids is 1. The average Bonchev–Trinajstić information content (AvgIpc) is 2.30. The fourth-order valence-corrected chi connectivity index (χ4v) is 2.95. The largest absolute Gasteiger partial charge is 0.478 e. The third-order valence-corrected chi connectivity index (χ3v) is 3.48. The van der Waals surface area contributed by atoms with E-state index in [9.17, 15) is 14.9 Å². The molecule has 0 radical (unpaired) electrons. The number of halogens is 2. The summed E-state index contributed by atoms with van der Waals surface area (Å²) >= 11 is 5.02. The molecular formula is C11H6BrIN2O4. The van der Waals surface area contributed by atoms with Crippen molar-refractivity contribution in [1.29, 1.82) is 5.26 Å². The maximum Gasteiger partial charge on any atom is 0.332 e. The number of hydrogen-bond donors (Lipinski definition) is 1. The van der Waals surface area contributed by atoms with Crippen molar-refractivity contribution in [2.45, 2.75) is 6.42 Å². The van der Waals surface area contributed by atoms with Gasteiger partial charge in [0, 0.05) is 14.1 Å². The second-order valence-corrected chi connectivity index (χ2v) is 5.47. The van der Waals surface area contributed by atoms with Crippen molar-refractivity contribution in [3.8, 4) is 6.07 Å². The minimum Gasteiger partial charge on any atom is -0.478 e. The molecule has 0 unspecified atom stereocenters. The van der Waals surface area contributed by atoms with Crippen molar-refractivity contribution in [1.82, 2.24) is 0 Å². The lowest BCUT2D eigenvalue weighted by molar-refractivity contribution is -0.385. The second-order valence-electron chi connectivity index (χ2n) is 3.39. The van der Waals surface area contributed by atoms with Gasteiger partial charge in [0.1, 0.15) is 0 Å². The number of rotatable bonds is 4. The summed E-state index contributed by atoms with van der Waals surface area (Å²) < 4.78 is 1.05. The maximum atomic E-state index is 11.0. The molecule has 0 saturated carbocycles. The van der Waals surface area contributed by atoms with Crippen LogP contribution in [0, 0.1) is 25.0 Å². The molecule has 0 heterocycles. The molecule has 0 fully saturated rings. The van der Waals surface area contributed by atoms with Crippen LogP contribution in [-0.2, 0) is 4.79 Å². The normalized spacial score (nSPS) is 10.9. The van der Waals surface area contributed by atoms with Crippen molar-refractivity contribution in [3.63, 3.8) is 0 Å². The number of carbonyl (C=O) groups is 1. The lowest BCUT2D eigenvalue weighted by Gasteiger charge is -2.04. The molecule has 8 heteroatoms. The van der Waals surface area contributed by atoms with Gasteiger partial charge in [0.05, 0.1) is 28.5 Å². The van der Waals surface area contributed by atoms with Gasteiger partial charge in [0.25, 0.3) is 5.69 Å². The summed E-state index contributed by atoms with van der Waals surface area (Å²) in [5, 5.41) is 28.5. The van der Waals surface area contributed by atoms with Gasteiger partial charge in [-0.1, -0.05) is 15.9 Å². The molecule has 0 amide bonds. The SMILES string of the molecule is N#CC/C(=C\c1c(I)cc(Br)cc1[N+](=O)[O-])C(=O)O. The third-order valence-electron chi connectivity index (χ3n) is 2.13. The van der Waals surface area contributed by atoms with Crippen molar-refractivity contribution >= 4 is 56.3 Å². The summed E-state index contributed by atoms with van der Waals surface area (Å²) in [6, 6.07) is 4.64. The number of carboxylic acid groups (broad SMARTS) is 1. The molecule has 6 nitrogen and oxygen atoms in total. The molecule has 0 aromatic heterocycles. The molecule has 0 aliphatic heterocycles. The predicted molar refractivity (Wildman–Crippen MR) is 79.4 cm³/mol. The van der Waals surface area contributed by atoms with Crippen LogP contribution in [0.1, 0.15) is 12.0 Å². The fraction of sp³-hybridized carbons (Fsp3) is 0.0909. The number of benzene rings is 1. The summed E-state index contributed by atoms with van der Waals surface area (Å²) in [5.41, 5.74) is -0.220. The van der Waals surface area contributed by atoms with Gasteiger partial charge in [-0.15, -0.1) is 0 Å². The Kier molecular flexibility index (Phi) is 5.44. The second kappa shape index (κ2) is 6.63. The van der Waals surface area contributed by atoms with E-state index in [2.05, 4.69) is 15.9 Å². The Labute approximate surface area is 130 Å². The average molecular weight is 437 g/mol. The van der Waals surface area contributed by atoms with E-state index in [4.69, 9.17) is 10.4 Å². The van der Waals surface area contributed by atoms with E-state index in [1.54, 1.807) is 12.1 Å². The van der Waals surface area contributed by atoms with Crippen LogP contribution in [0.3, 0.4) is 0 Å². The number of nitro benzene ring substituents is 1. The highest BCUT2D eigenvalue weighted by atomic mass is 127. The quantitative estimate of drug-likeness (QED) is 0.337.